The maximum atomic E-state index is 12.0. The van der Waals surface area contributed by atoms with Crippen molar-refractivity contribution in [3.05, 3.63) is 65.4 Å². The van der Waals surface area contributed by atoms with Crippen molar-refractivity contribution < 1.29 is 9.21 Å². The molecule has 0 unspecified atom stereocenters. The fraction of sp³-hybridized carbons (Fsp3) is 0.125. The van der Waals surface area contributed by atoms with E-state index in [0.717, 1.165) is 6.42 Å². The van der Waals surface area contributed by atoms with E-state index in [-0.39, 0.29) is 5.91 Å². The Kier molecular flexibility index (Phi) is 4.12. The van der Waals surface area contributed by atoms with E-state index < -0.39 is 0 Å². The molecule has 2 heterocycles. The molecule has 2 aromatic heterocycles. The zero-order valence-electron chi connectivity index (χ0n) is 11.3. The summed E-state index contributed by atoms with van der Waals surface area (Å²) in [6.07, 6.45) is 2.40. The third-order valence-electron chi connectivity index (χ3n) is 3.01. The molecule has 0 saturated heterocycles. The highest BCUT2D eigenvalue weighted by atomic mass is 32.1. The Balaban J connectivity index is 1.56. The minimum atomic E-state index is -0.153. The first-order chi connectivity index (χ1) is 10.3. The highest BCUT2D eigenvalue weighted by Gasteiger charge is 2.12. The van der Waals surface area contributed by atoms with Crippen molar-refractivity contribution in [1.82, 2.24) is 10.3 Å². The van der Waals surface area contributed by atoms with Crippen LogP contribution < -0.4 is 5.32 Å². The van der Waals surface area contributed by atoms with Crippen LogP contribution in [0.2, 0.25) is 0 Å². The number of aromatic nitrogens is 1. The van der Waals surface area contributed by atoms with Gasteiger partial charge in [-0.25, -0.2) is 4.98 Å². The highest BCUT2D eigenvalue weighted by molar-refractivity contribution is 7.13. The third kappa shape index (κ3) is 3.38. The van der Waals surface area contributed by atoms with Crippen molar-refractivity contribution in [2.24, 2.45) is 0 Å². The van der Waals surface area contributed by atoms with Gasteiger partial charge in [0.2, 0.25) is 0 Å². The quantitative estimate of drug-likeness (QED) is 0.785. The van der Waals surface area contributed by atoms with Gasteiger partial charge in [-0.2, -0.15) is 0 Å². The van der Waals surface area contributed by atoms with Crippen LogP contribution in [0, 0.1) is 0 Å². The zero-order valence-corrected chi connectivity index (χ0v) is 12.1. The molecular weight excluding hydrogens is 284 g/mol. The van der Waals surface area contributed by atoms with Crippen molar-refractivity contribution in [3.63, 3.8) is 0 Å². The van der Waals surface area contributed by atoms with Gasteiger partial charge in [0.1, 0.15) is 5.69 Å². The van der Waals surface area contributed by atoms with Crippen LogP contribution in [0.1, 0.15) is 16.1 Å². The number of amides is 1. The summed E-state index contributed by atoms with van der Waals surface area (Å²) in [7, 11) is 0. The molecule has 3 aromatic rings. The number of hydrogen-bond donors (Lipinski definition) is 1. The standard InChI is InChI=1S/C16H14N2O2S/c19-15(17-9-8-12-5-2-1-3-6-12)13-11-21-16(18-13)14-7-4-10-20-14/h1-7,10-11H,8-9H2,(H,17,19). The van der Waals surface area contributed by atoms with Crippen LogP contribution >= 0.6 is 11.3 Å². The molecule has 5 heteroatoms. The molecule has 0 bridgehead atoms. The van der Waals surface area contributed by atoms with E-state index in [9.17, 15) is 4.79 Å². The monoisotopic (exact) mass is 298 g/mol. The molecule has 0 fully saturated rings. The first-order valence-electron chi connectivity index (χ1n) is 6.64. The first kappa shape index (κ1) is 13.6. The molecule has 0 aliphatic carbocycles. The van der Waals surface area contributed by atoms with Crippen molar-refractivity contribution in [2.45, 2.75) is 6.42 Å². The summed E-state index contributed by atoms with van der Waals surface area (Å²) in [4.78, 5) is 16.3. The summed E-state index contributed by atoms with van der Waals surface area (Å²) in [5, 5.41) is 5.34. The normalized spacial score (nSPS) is 10.5. The summed E-state index contributed by atoms with van der Waals surface area (Å²) in [6, 6.07) is 13.7. The van der Waals surface area contributed by atoms with Crippen LogP contribution in [0.3, 0.4) is 0 Å². The average Bonchev–Trinajstić information content (AvgIpc) is 3.19. The van der Waals surface area contributed by atoms with Crippen LogP contribution in [-0.2, 0) is 6.42 Å². The van der Waals surface area contributed by atoms with Gasteiger partial charge < -0.3 is 9.73 Å². The summed E-state index contributed by atoms with van der Waals surface area (Å²) in [6.45, 7) is 0.594. The number of nitrogens with one attached hydrogen (secondary N) is 1. The minimum Gasteiger partial charge on any atom is -0.462 e. The van der Waals surface area contributed by atoms with Crippen LogP contribution in [-0.4, -0.2) is 17.4 Å². The second-order valence-corrected chi connectivity index (χ2v) is 5.36. The lowest BCUT2D eigenvalue weighted by Gasteiger charge is -2.03. The van der Waals surface area contributed by atoms with Gasteiger partial charge in [0, 0.05) is 11.9 Å². The molecule has 0 aliphatic rings. The molecule has 0 spiro atoms. The van der Waals surface area contributed by atoms with Crippen molar-refractivity contribution in [2.75, 3.05) is 6.54 Å². The molecule has 1 aromatic carbocycles. The van der Waals surface area contributed by atoms with Gasteiger partial charge in [0.25, 0.3) is 5.91 Å². The first-order valence-corrected chi connectivity index (χ1v) is 7.52. The Bertz CT molecular complexity index is 705. The third-order valence-corrected chi connectivity index (χ3v) is 3.87. The minimum absolute atomic E-state index is 0.153. The smallest absolute Gasteiger partial charge is 0.270 e. The van der Waals surface area contributed by atoms with Crippen molar-refractivity contribution in [3.8, 4) is 10.8 Å². The van der Waals surface area contributed by atoms with Gasteiger partial charge in [0.15, 0.2) is 10.8 Å². The number of benzene rings is 1. The average molecular weight is 298 g/mol. The number of nitrogens with zero attached hydrogens (tertiary/aromatic N) is 1. The largest absolute Gasteiger partial charge is 0.462 e. The molecule has 3 rings (SSSR count). The zero-order chi connectivity index (χ0) is 14.5. The molecule has 0 aliphatic heterocycles. The van der Waals surface area contributed by atoms with Gasteiger partial charge in [-0.3, -0.25) is 4.79 Å². The number of furan rings is 1. The highest BCUT2D eigenvalue weighted by Crippen LogP contribution is 2.23. The van der Waals surface area contributed by atoms with E-state index in [1.54, 1.807) is 17.7 Å². The number of carbonyl (C=O) groups excluding carboxylic acids is 1. The molecule has 106 valence electrons. The van der Waals surface area contributed by atoms with E-state index in [2.05, 4.69) is 10.3 Å². The molecule has 21 heavy (non-hydrogen) atoms. The van der Waals surface area contributed by atoms with Crippen molar-refractivity contribution >= 4 is 17.2 Å². The van der Waals surface area contributed by atoms with Gasteiger partial charge in [-0.15, -0.1) is 11.3 Å². The summed E-state index contributed by atoms with van der Waals surface area (Å²) >= 11 is 1.40. The van der Waals surface area contributed by atoms with Crippen molar-refractivity contribution in [1.29, 1.82) is 0 Å². The Morgan fingerprint density at radius 1 is 1.19 bits per heavy atom. The van der Waals surface area contributed by atoms with E-state index in [1.165, 1.54) is 16.9 Å². The van der Waals surface area contributed by atoms with E-state index in [0.29, 0.717) is 23.0 Å². The number of carbonyl (C=O) groups is 1. The molecule has 0 atom stereocenters. The predicted octanol–water partition coefficient (Wildman–Crippen LogP) is 3.38. The Morgan fingerprint density at radius 2 is 2.05 bits per heavy atom. The van der Waals surface area contributed by atoms with Crippen LogP contribution in [0.25, 0.3) is 10.8 Å². The number of rotatable bonds is 5. The Hall–Kier alpha value is -2.40. The van der Waals surface area contributed by atoms with Gasteiger partial charge >= 0.3 is 0 Å². The Morgan fingerprint density at radius 3 is 2.81 bits per heavy atom. The summed E-state index contributed by atoms with van der Waals surface area (Å²) in [5.74, 6) is 0.531. The second-order valence-electron chi connectivity index (χ2n) is 4.51. The summed E-state index contributed by atoms with van der Waals surface area (Å²) in [5.41, 5.74) is 1.63. The molecular formula is C16H14N2O2S. The lowest BCUT2D eigenvalue weighted by molar-refractivity contribution is 0.0950. The lowest BCUT2D eigenvalue weighted by atomic mass is 10.1. The number of hydrogen-bond acceptors (Lipinski definition) is 4. The van der Waals surface area contributed by atoms with Gasteiger partial charge in [0.05, 0.1) is 6.26 Å². The van der Waals surface area contributed by atoms with Gasteiger partial charge in [-0.1, -0.05) is 30.3 Å². The topological polar surface area (TPSA) is 55.1 Å². The molecule has 0 radical (unpaired) electrons. The van der Waals surface area contributed by atoms with E-state index >= 15 is 0 Å². The predicted molar refractivity (Wildman–Crippen MR) is 82.3 cm³/mol. The van der Waals surface area contributed by atoms with E-state index in [4.69, 9.17) is 4.42 Å². The van der Waals surface area contributed by atoms with Crippen LogP contribution in [0.5, 0.6) is 0 Å². The Labute approximate surface area is 126 Å². The maximum absolute atomic E-state index is 12.0. The summed E-state index contributed by atoms with van der Waals surface area (Å²) < 4.78 is 5.27. The van der Waals surface area contributed by atoms with Crippen LogP contribution in [0.15, 0.2) is 58.5 Å². The maximum Gasteiger partial charge on any atom is 0.270 e. The lowest BCUT2D eigenvalue weighted by Crippen LogP contribution is -2.25. The second kappa shape index (κ2) is 6.37. The molecule has 0 saturated carbocycles. The van der Waals surface area contributed by atoms with Gasteiger partial charge in [-0.05, 0) is 24.1 Å². The SMILES string of the molecule is O=C(NCCc1ccccc1)c1csc(-c2ccco2)n1. The molecule has 1 amide bonds. The number of thiazole rings is 1. The molecule has 1 N–H and O–H groups in total. The van der Waals surface area contributed by atoms with E-state index in [1.807, 2.05) is 36.4 Å². The molecule has 4 nitrogen and oxygen atoms in total. The van der Waals surface area contributed by atoms with Crippen LogP contribution in [0.4, 0.5) is 0 Å². The fourth-order valence-electron chi connectivity index (χ4n) is 1.95. The fourth-order valence-corrected chi connectivity index (χ4v) is 2.71.